The van der Waals surface area contributed by atoms with E-state index in [2.05, 4.69) is 10.2 Å². The fraction of sp³-hybridized carbons (Fsp3) is 0.100. The molecule has 2 aliphatic heterocycles. The average Bonchev–Trinajstić information content (AvgIpc) is 3.72. The number of nitrogens with one attached hydrogen (secondary N) is 2. The van der Waals surface area contributed by atoms with Crippen LogP contribution in [0.3, 0.4) is 0 Å². The number of phenols is 2. The summed E-state index contributed by atoms with van der Waals surface area (Å²) < 4.78 is 47.2. The van der Waals surface area contributed by atoms with Gasteiger partial charge >= 0.3 is 316 Å². The van der Waals surface area contributed by atoms with Gasteiger partial charge in [-0.15, -0.1) is 0 Å². The molecular weight excluding hydrogens is 743 g/mol. The number of nitrogens with zero attached hydrogens (tertiary/aromatic N) is 1. The topological polar surface area (TPSA) is 132 Å². The van der Waals surface area contributed by atoms with Gasteiger partial charge in [-0.2, -0.15) is 0 Å². The molecule has 8 rings (SSSR count). The van der Waals surface area contributed by atoms with Gasteiger partial charge in [0, 0.05) is 0 Å². The summed E-state index contributed by atoms with van der Waals surface area (Å²) in [6.07, 6.45) is 0. The van der Waals surface area contributed by atoms with Crippen LogP contribution in [0.25, 0.3) is 0 Å². The number of hydrogen-bond donors (Lipinski definition) is 4. The van der Waals surface area contributed by atoms with E-state index in [1.807, 2.05) is 159 Å². The normalized spacial score (nSPS) is 23.3. The Morgan fingerprint density at radius 2 is 0.944 bits per heavy atom. The number of aromatic hydroxyl groups is 2. The molecular formula is C40H40N3O8P3. The number of benzene rings is 6. The number of fused-ring (bicyclic) bond motifs is 1. The Labute approximate surface area is 314 Å². The molecule has 0 aromatic heterocycles. The second-order valence-corrected chi connectivity index (χ2v) is 21.0. The number of ether oxygens (including phenoxy) is 1. The van der Waals surface area contributed by atoms with Gasteiger partial charge in [-0.25, -0.2) is 0 Å². The molecule has 54 heavy (non-hydrogen) atoms. The molecule has 2 heterocycles. The first kappa shape index (κ1) is 35.7. The van der Waals surface area contributed by atoms with Crippen molar-refractivity contribution in [2.75, 3.05) is 0 Å². The molecule has 0 bridgehead atoms. The maximum atomic E-state index is 10.6. The standard InChI is InChI=1S/C40H40N3O8P3/c1-30-41-52(47-34-19-9-3-10-20-34)39(40(52)46-33-17-7-2-8-18-33)42-54(50-36-23-13-5-14-24-36,51-37-25-15-6-16-26-37)43-53(30,48-35-21-11-4-12-22-35)49-38-28-31(44)27-32(45)29-38/h2-30,39-42,44-45,52,54H,1H3. The molecule has 6 aromatic carbocycles. The molecule has 1 fully saturated rings. The van der Waals surface area contributed by atoms with E-state index in [9.17, 15) is 10.2 Å². The Morgan fingerprint density at radius 1 is 0.519 bits per heavy atom. The Kier molecular flexibility index (Phi) is 10.1. The van der Waals surface area contributed by atoms with Crippen molar-refractivity contribution in [1.29, 1.82) is 0 Å². The van der Waals surface area contributed by atoms with Crippen molar-refractivity contribution in [2.45, 2.75) is 24.3 Å². The van der Waals surface area contributed by atoms with Gasteiger partial charge in [0.25, 0.3) is 0 Å². The summed E-state index contributed by atoms with van der Waals surface area (Å²) >= 11 is 0. The van der Waals surface area contributed by atoms with Crippen LogP contribution in [0.1, 0.15) is 6.92 Å². The summed E-state index contributed by atoms with van der Waals surface area (Å²) in [7, 11) is -11.3. The molecule has 0 amide bonds. The number of rotatable bonds is 12. The van der Waals surface area contributed by atoms with E-state index >= 15 is 0 Å². The van der Waals surface area contributed by atoms with Gasteiger partial charge in [-0.1, -0.05) is 0 Å². The van der Waals surface area contributed by atoms with Crippen LogP contribution in [0.4, 0.5) is 0 Å². The summed E-state index contributed by atoms with van der Waals surface area (Å²) in [6, 6.07) is 51.1. The van der Waals surface area contributed by atoms with Gasteiger partial charge in [0.2, 0.25) is 0 Å². The van der Waals surface area contributed by atoms with Crippen molar-refractivity contribution < 1.29 is 37.6 Å². The molecule has 0 saturated carbocycles. The summed E-state index contributed by atoms with van der Waals surface area (Å²) in [5, 5.41) is 28.8. The summed E-state index contributed by atoms with van der Waals surface area (Å²) in [5.41, 5.74) is 0. The van der Waals surface area contributed by atoms with Gasteiger partial charge in [-0.05, 0) is 0 Å². The van der Waals surface area contributed by atoms with Gasteiger partial charge in [0.05, 0.1) is 0 Å². The SMILES string of the molecule is CC1N[PH]2(Oc3ccccc3)C(N[PH](Oc3ccccc3)(Oc3ccccc3)N=P1(Oc1ccccc1)Oc1cc(O)cc(O)c1)C2Oc1ccccc1. The molecule has 278 valence electrons. The second-order valence-electron chi connectivity index (χ2n) is 12.8. The first-order valence-electron chi connectivity index (χ1n) is 17.4. The van der Waals surface area contributed by atoms with E-state index in [0.29, 0.717) is 28.7 Å². The molecule has 6 aromatic rings. The summed E-state index contributed by atoms with van der Waals surface area (Å²) in [6.45, 7) is 1.93. The molecule has 4 N–H and O–H groups in total. The third kappa shape index (κ3) is 7.83. The molecule has 0 radical (unpaired) electrons. The zero-order chi connectivity index (χ0) is 37.0. The molecule has 11 nitrogen and oxygen atoms in total. The fourth-order valence-electron chi connectivity index (χ4n) is 6.27. The maximum absolute atomic E-state index is 10.6. The molecule has 14 heteroatoms. The summed E-state index contributed by atoms with van der Waals surface area (Å²) in [4.78, 5) is 0. The number of phenolic OH excluding ortho intramolecular Hbond substituents is 2. The van der Waals surface area contributed by atoms with Crippen molar-refractivity contribution in [3.05, 3.63) is 170 Å². The van der Waals surface area contributed by atoms with Gasteiger partial charge in [-0.3, -0.25) is 0 Å². The first-order valence-corrected chi connectivity index (χ1v) is 22.9. The molecule has 2 aliphatic rings. The monoisotopic (exact) mass is 783 g/mol. The summed E-state index contributed by atoms with van der Waals surface area (Å²) in [5.74, 6) is 0.865. The predicted molar refractivity (Wildman–Crippen MR) is 215 cm³/mol. The van der Waals surface area contributed by atoms with E-state index in [4.69, 9.17) is 31.9 Å². The van der Waals surface area contributed by atoms with Crippen molar-refractivity contribution in [3.63, 3.8) is 0 Å². The van der Waals surface area contributed by atoms with Crippen LogP contribution in [0.15, 0.2) is 174 Å². The molecule has 0 spiro atoms. The predicted octanol–water partition coefficient (Wildman–Crippen LogP) is 10.1. The Balaban J connectivity index is 1.37. The van der Waals surface area contributed by atoms with Crippen molar-refractivity contribution in [1.82, 2.24) is 10.2 Å². The molecule has 4 unspecified atom stereocenters. The van der Waals surface area contributed by atoms with E-state index in [1.54, 1.807) is 0 Å². The number of hydrogen-bond acceptors (Lipinski definition) is 11. The minimum atomic E-state index is -4.22. The van der Waals surface area contributed by atoms with Crippen LogP contribution in [0, 0.1) is 0 Å². The van der Waals surface area contributed by atoms with E-state index in [-0.39, 0.29) is 17.2 Å². The van der Waals surface area contributed by atoms with Crippen molar-refractivity contribution in [3.8, 4) is 46.0 Å². The third-order valence-corrected chi connectivity index (χ3v) is 18.9. The van der Waals surface area contributed by atoms with Crippen molar-refractivity contribution in [2.24, 2.45) is 4.52 Å². The molecule has 4 atom stereocenters. The number of para-hydroxylation sites is 5. The molecule has 0 aliphatic carbocycles. The van der Waals surface area contributed by atoms with Crippen LogP contribution >= 0.6 is 23.2 Å². The first-order chi connectivity index (χ1) is 26.3. The Morgan fingerprint density at radius 3 is 1.44 bits per heavy atom. The van der Waals surface area contributed by atoms with Crippen LogP contribution < -0.4 is 37.5 Å². The van der Waals surface area contributed by atoms with Crippen LogP contribution in [-0.2, 0) is 0 Å². The minimum absolute atomic E-state index is 0.126. The van der Waals surface area contributed by atoms with E-state index < -0.39 is 40.6 Å². The zero-order valence-corrected chi connectivity index (χ0v) is 32.0. The van der Waals surface area contributed by atoms with Crippen LogP contribution in [-0.4, -0.2) is 27.6 Å². The second kappa shape index (κ2) is 15.2. The zero-order valence-electron chi connectivity index (χ0n) is 29.1. The Bertz CT molecular complexity index is 2170. The fourth-order valence-corrected chi connectivity index (χ4v) is 18.4. The van der Waals surface area contributed by atoms with Crippen LogP contribution in [0.5, 0.6) is 46.0 Å². The van der Waals surface area contributed by atoms with Crippen LogP contribution in [0.2, 0.25) is 0 Å². The quantitative estimate of drug-likeness (QED) is 0.0890. The van der Waals surface area contributed by atoms with E-state index in [0.717, 1.165) is 0 Å². The van der Waals surface area contributed by atoms with Gasteiger partial charge in [0.1, 0.15) is 0 Å². The van der Waals surface area contributed by atoms with Crippen molar-refractivity contribution >= 4 is 23.2 Å². The third-order valence-electron chi connectivity index (χ3n) is 8.74. The average molecular weight is 784 g/mol. The Hall–Kier alpha value is -5.27. The van der Waals surface area contributed by atoms with Gasteiger partial charge < -0.3 is 0 Å². The molecule has 1 saturated heterocycles. The van der Waals surface area contributed by atoms with E-state index in [1.165, 1.54) is 18.2 Å². The van der Waals surface area contributed by atoms with Gasteiger partial charge in [0.15, 0.2) is 0 Å².